The smallest absolute Gasteiger partial charge is 0.317 e. The number of amides is 2. The van der Waals surface area contributed by atoms with Gasteiger partial charge in [0.2, 0.25) is 11.8 Å². The number of nitrogens with zero attached hydrogens (tertiary/aromatic N) is 2. The van der Waals surface area contributed by atoms with Crippen molar-refractivity contribution in [2.24, 2.45) is 0 Å². The Morgan fingerprint density at radius 2 is 0.905 bits per heavy atom. The quantitative estimate of drug-likeness (QED) is 0.171. The SMILES string of the molecule is O=C(O)CN(CCN(CC(=O)O)CC(=O)NCc1ccc2ccccc2c1)CC(=O)NCc1ccc2ccccc2c1. The third kappa shape index (κ3) is 9.39. The zero-order valence-corrected chi connectivity index (χ0v) is 23.2. The zero-order valence-electron chi connectivity index (χ0n) is 23.2. The highest BCUT2D eigenvalue weighted by Crippen LogP contribution is 2.16. The Kier molecular flexibility index (Phi) is 10.6. The lowest BCUT2D eigenvalue weighted by molar-refractivity contribution is -0.141. The molecular weight excluding hydrogens is 536 g/mol. The minimum absolute atomic E-state index is 0.0843. The molecule has 0 bridgehead atoms. The van der Waals surface area contributed by atoms with Crippen molar-refractivity contribution in [3.05, 3.63) is 96.1 Å². The first kappa shape index (κ1) is 30.2. The van der Waals surface area contributed by atoms with Gasteiger partial charge in [-0.05, 0) is 44.8 Å². The first-order chi connectivity index (χ1) is 20.2. The third-order valence-corrected chi connectivity index (χ3v) is 6.79. The van der Waals surface area contributed by atoms with Crippen LogP contribution in [0.2, 0.25) is 0 Å². The van der Waals surface area contributed by atoms with Crippen molar-refractivity contribution in [3.63, 3.8) is 0 Å². The van der Waals surface area contributed by atoms with Crippen LogP contribution in [-0.4, -0.2) is 83.0 Å². The third-order valence-electron chi connectivity index (χ3n) is 6.79. The fraction of sp³-hybridized carbons (Fsp3) is 0.250. The Labute approximate surface area is 243 Å². The van der Waals surface area contributed by atoms with E-state index in [4.69, 9.17) is 0 Å². The summed E-state index contributed by atoms with van der Waals surface area (Å²) < 4.78 is 0. The second-order valence-corrected chi connectivity index (χ2v) is 10.1. The molecule has 0 aromatic heterocycles. The van der Waals surface area contributed by atoms with E-state index in [9.17, 15) is 29.4 Å². The normalized spacial score (nSPS) is 11.2. The number of carboxylic acid groups (broad SMARTS) is 2. The molecule has 4 N–H and O–H groups in total. The zero-order chi connectivity index (χ0) is 29.9. The van der Waals surface area contributed by atoms with Gasteiger partial charge in [0.05, 0.1) is 26.2 Å². The van der Waals surface area contributed by atoms with Gasteiger partial charge in [-0.15, -0.1) is 0 Å². The molecule has 4 aromatic rings. The average Bonchev–Trinajstić information content (AvgIpc) is 2.97. The Balaban J connectivity index is 1.28. The van der Waals surface area contributed by atoms with E-state index in [0.29, 0.717) is 0 Å². The molecule has 4 aromatic carbocycles. The molecule has 2 amide bonds. The average molecular weight is 571 g/mol. The summed E-state index contributed by atoms with van der Waals surface area (Å²) in [4.78, 5) is 51.0. The van der Waals surface area contributed by atoms with E-state index in [1.807, 2.05) is 84.9 Å². The molecule has 10 nitrogen and oxygen atoms in total. The standard InChI is InChI=1S/C32H34N4O6/c37-29(33-17-23-9-11-25-5-1-3-7-27(25)15-23)19-35(21-31(39)40)13-14-36(22-32(41)42)20-30(38)34-18-24-10-12-26-6-2-4-8-28(26)16-24/h1-12,15-16H,13-14,17-22H2,(H,33,37)(H,34,38)(H,39,40)(H,41,42). The fourth-order valence-electron chi connectivity index (χ4n) is 4.71. The van der Waals surface area contributed by atoms with Gasteiger partial charge in [-0.25, -0.2) is 0 Å². The summed E-state index contributed by atoms with van der Waals surface area (Å²) in [6.07, 6.45) is 0. The molecule has 42 heavy (non-hydrogen) atoms. The number of carboxylic acids is 2. The molecule has 4 rings (SSSR count). The molecule has 0 aliphatic carbocycles. The molecule has 0 unspecified atom stereocenters. The minimum Gasteiger partial charge on any atom is -0.480 e. The first-order valence-corrected chi connectivity index (χ1v) is 13.6. The van der Waals surface area contributed by atoms with Crippen molar-refractivity contribution in [1.29, 1.82) is 0 Å². The number of rotatable bonds is 15. The van der Waals surface area contributed by atoms with Crippen LogP contribution in [0.5, 0.6) is 0 Å². The predicted octanol–water partition coefficient (Wildman–Crippen LogP) is 2.70. The van der Waals surface area contributed by atoms with Crippen molar-refractivity contribution in [1.82, 2.24) is 20.4 Å². The maximum absolute atomic E-state index is 12.7. The van der Waals surface area contributed by atoms with E-state index in [1.54, 1.807) is 0 Å². The van der Waals surface area contributed by atoms with Crippen LogP contribution in [0, 0.1) is 0 Å². The van der Waals surface area contributed by atoms with Crippen molar-refractivity contribution < 1.29 is 29.4 Å². The van der Waals surface area contributed by atoms with E-state index < -0.39 is 25.0 Å². The van der Waals surface area contributed by atoms with E-state index in [0.717, 1.165) is 32.7 Å². The largest absolute Gasteiger partial charge is 0.480 e. The van der Waals surface area contributed by atoms with Crippen LogP contribution >= 0.6 is 0 Å². The summed E-state index contributed by atoms with van der Waals surface area (Å²) >= 11 is 0. The maximum atomic E-state index is 12.7. The fourth-order valence-corrected chi connectivity index (χ4v) is 4.71. The van der Waals surface area contributed by atoms with Gasteiger partial charge in [0.1, 0.15) is 0 Å². The molecule has 0 spiro atoms. The van der Waals surface area contributed by atoms with Crippen LogP contribution in [0.15, 0.2) is 84.9 Å². The summed E-state index contributed by atoms with van der Waals surface area (Å²) in [5, 5.41) is 28.6. The molecule has 0 aliphatic rings. The number of hydrogen-bond donors (Lipinski definition) is 4. The lowest BCUT2D eigenvalue weighted by Crippen LogP contribution is -2.46. The highest BCUT2D eigenvalue weighted by Gasteiger charge is 2.19. The van der Waals surface area contributed by atoms with E-state index in [-0.39, 0.29) is 51.1 Å². The Morgan fingerprint density at radius 3 is 1.29 bits per heavy atom. The summed E-state index contributed by atoms with van der Waals surface area (Å²) in [6, 6.07) is 27.5. The second kappa shape index (κ2) is 14.7. The summed E-state index contributed by atoms with van der Waals surface area (Å²) in [6.45, 7) is -0.442. The van der Waals surface area contributed by atoms with Gasteiger partial charge >= 0.3 is 11.9 Å². The topological polar surface area (TPSA) is 139 Å². The van der Waals surface area contributed by atoms with Crippen molar-refractivity contribution in [3.8, 4) is 0 Å². The molecule has 0 aliphatic heterocycles. The molecule has 10 heteroatoms. The predicted molar refractivity (Wildman–Crippen MR) is 160 cm³/mol. The number of fused-ring (bicyclic) bond motifs is 2. The number of carbonyl (C=O) groups is 4. The number of hydrogen-bond acceptors (Lipinski definition) is 6. The highest BCUT2D eigenvalue weighted by atomic mass is 16.4. The van der Waals surface area contributed by atoms with Crippen LogP contribution in [0.1, 0.15) is 11.1 Å². The van der Waals surface area contributed by atoms with Crippen LogP contribution < -0.4 is 10.6 Å². The van der Waals surface area contributed by atoms with Gasteiger partial charge in [0.15, 0.2) is 0 Å². The Bertz CT molecular complexity index is 1460. The summed E-state index contributed by atoms with van der Waals surface area (Å²) in [7, 11) is 0. The first-order valence-electron chi connectivity index (χ1n) is 13.6. The van der Waals surface area contributed by atoms with E-state index in [2.05, 4.69) is 10.6 Å². The second-order valence-electron chi connectivity index (χ2n) is 10.1. The molecule has 0 atom stereocenters. The highest BCUT2D eigenvalue weighted by molar-refractivity contribution is 5.84. The van der Waals surface area contributed by atoms with Crippen molar-refractivity contribution in [2.75, 3.05) is 39.3 Å². The minimum atomic E-state index is -1.12. The number of aliphatic carboxylic acids is 2. The lowest BCUT2D eigenvalue weighted by Gasteiger charge is -2.25. The molecule has 0 saturated carbocycles. The van der Waals surface area contributed by atoms with E-state index >= 15 is 0 Å². The summed E-state index contributed by atoms with van der Waals surface area (Å²) in [5.74, 6) is -2.95. The number of carbonyl (C=O) groups excluding carboxylic acids is 2. The lowest BCUT2D eigenvalue weighted by atomic mass is 10.1. The number of benzene rings is 4. The summed E-state index contributed by atoms with van der Waals surface area (Å²) in [5.41, 5.74) is 1.82. The van der Waals surface area contributed by atoms with Gasteiger partial charge in [-0.2, -0.15) is 0 Å². The maximum Gasteiger partial charge on any atom is 0.317 e. The molecule has 0 heterocycles. The van der Waals surface area contributed by atoms with Gasteiger partial charge in [-0.1, -0.05) is 72.8 Å². The van der Waals surface area contributed by atoms with Crippen LogP contribution in [-0.2, 0) is 32.3 Å². The molecule has 218 valence electrons. The van der Waals surface area contributed by atoms with Crippen LogP contribution in [0.25, 0.3) is 21.5 Å². The Morgan fingerprint density at radius 1 is 0.524 bits per heavy atom. The van der Waals surface area contributed by atoms with Gasteiger partial charge in [0, 0.05) is 26.2 Å². The molecule has 0 fully saturated rings. The van der Waals surface area contributed by atoms with Crippen LogP contribution in [0.3, 0.4) is 0 Å². The van der Waals surface area contributed by atoms with Gasteiger partial charge in [-0.3, -0.25) is 29.0 Å². The molecule has 0 radical (unpaired) electrons. The Hall–Kier alpha value is -4.80. The molecular formula is C32H34N4O6. The molecule has 0 saturated heterocycles. The monoisotopic (exact) mass is 570 g/mol. The van der Waals surface area contributed by atoms with Gasteiger partial charge < -0.3 is 20.8 Å². The number of nitrogens with one attached hydrogen (secondary N) is 2. The van der Waals surface area contributed by atoms with Crippen molar-refractivity contribution >= 4 is 45.3 Å². The van der Waals surface area contributed by atoms with E-state index in [1.165, 1.54) is 9.80 Å². The van der Waals surface area contributed by atoms with Crippen molar-refractivity contribution in [2.45, 2.75) is 13.1 Å². The van der Waals surface area contributed by atoms with Gasteiger partial charge in [0.25, 0.3) is 0 Å². The van der Waals surface area contributed by atoms with Crippen LogP contribution in [0.4, 0.5) is 0 Å².